The maximum absolute atomic E-state index is 12.3. The van der Waals surface area contributed by atoms with E-state index >= 15 is 0 Å². The minimum absolute atomic E-state index is 0.0440. The number of non-ortho nitro benzene ring substituents is 1. The molecule has 1 amide bonds. The highest BCUT2D eigenvalue weighted by Crippen LogP contribution is 2.30. The van der Waals surface area contributed by atoms with Crippen LogP contribution in [-0.4, -0.2) is 17.9 Å². The maximum Gasteiger partial charge on any atom is 0.349 e. The number of methoxy groups -OCH3 is 1. The van der Waals surface area contributed by atoms with Crippen molar-refractivity contribution < 1.29 is 18.9 Å². The predicted molar refractivity (Wildman–Crippen MR) is 93.3 cm³/mol. The van der Waals surface area contributed by atoms with Crippen LogP contribution in [0.4, 0.5) is 5.69 Å². The SMILES string of the molecule is COc1cc([N+](=O)[O-])cc2cc(C(=O)NCc3ccccc3)c(=O)oc12. The molecule has 0 saturated heterocycles. The van der Waals surface area contributed by atoms with E-state index in [0.29, 0.717) is 0 Å². The lowest BCUT2D eigenvalue weighted by atomic mass is 10.1. The average molecular weight is 354 g/mol. The highest BCUT2D eigenvalue weighted by atomic mass is 16.6. The summed E-state index contributed by atoms with van der Waals surface area (Å²) >= 11 is 0. The Labute approximate surface area is 147 Å². The first-order valence-electron chi connectivity index (χ1n) is 7.62. The van der Waals surface area contributed by atoms with Gasteiger partial charge in [-0.25, -0.2) is 4.79 Å². The zero-order chi connectivity index (χ0) is 18.7. The average Bonchev–Trinajstić information content (AvgIpc) is 2.65. The summed E-state index contributed by atoms with van der Waals surface area (Å²) in [6.07, 6.45) is 0. The number of hydrogen-bond donors (Lipinski definition) is 1. The van der Waals surface area contributed by atoms with Crippen molar-refractivity contribution in [2.75, 3.05) is 7.11 Å². The van der Waals surface area contributed by atoms with Crippen LogP contribution in [0.25, 0.3) is 11.0 Å². The van der Waals surface area contributed by atoms with Gasteiger partial charge in [-0.1, -0.05) is 30.3 Å². The maximum atomic E-state index is 12.3. The summed E-state index contributed by atoms with van der Waals surface area (Å²) in [6.45, 7) is 0.232. The van der Waals surface area contributed by atoms with Crippen molar-refractivity contribution in [1.82, 2.24) is 5.32 Å². The topological polar surface area (TPSA) is 112 Å². The Balaban J connectivity index is 1.98. The van der Waals surface area contributed by atoms with Crippen LogP contribution < -0.4 is 15.7 Å². The third-order valence-corrected chi connectivity index (χ3v) is 3.75. The number of nitro benzene ring substituents is 1. The molecular weight excluding hydrogens is 340 g/mol. The molecule has 0 aliphatic rings. The molecule has 8 nitrogen and oxygen atoms in total. The number of amides is 1. The standard InChI is InChI=1S/C18H14N2O6/c1-25-15-9-13(20(23)24)7-12-8-14(18(22)26-16(12)15)17(21)19-10-11-5-3-2-4-6-11/h2-9H,10H2,1H3,(H,19,21). The lowest BCUT2D eigenvalue weighted by Gasteiger charge is -2.07. The van der Waals surface area contributed by atoms with Gasteiger partial charge in [0.1, 0.15) is 5.56 Å². The molecule has 1 aromatic heterocycles. The van der Waals surface area contributed by atoms with E-state index in [0.717, 1.165) is 11.6 Å². The van der Waals surface area contributed by atoms with E-state index in [9.17, 15) is 19.7 Å². The Morgan fingerprint density at radius 1 is 1.23 bits per heavy atom. The molecule has 0 saturated carbocycles. The number of nitro groups is 1. The summed E-state index contributed by atoms with van der Waals surface area (Å²) < 4.78 is 10.2. The molecule has 3 aromatic rings. The minimum Gasteiger partial charge on any atom is -0.493 e. The zero-order valence-electron chi connectivity index (χ0n) is 13.7. The lowest BCUT2D eigenvalue weighted by molar-refractivity contribution is -0.384. The first-order valence-corrected chi connectivity index (χ1v) is 7.62. The molecular formula is C18H14N2O6. The molecule has 0 aliphatic carbocycles. The van der Waals surface area contributed by atoms with Gasteiger partial charge in [0.2, 0.25) is 0 Å². The van der Waals surface area contributed by atoms with Crippen LogP contribution >= 0.6 is 0 Å². The molecule has 8 heteroatoms. The second kappa shape index (κ2) is 7.06. The highest BCUT2D eigenvalue weighted by molar-refractivity contribution is 5.97. The van der Waals surface area contributed by atoms with Crippen molar-refractivity contribution in [2.24, 2.45) is 0 Å². The van der Waals surface area contributed by atoms with Crippen molar-refractivity contribution in [2.45, 2.75) is 6.54 Å². The number of benzene rings is 2. The van der Waals surface area contributed by atoms with Gasteiger partial charge < -0.3 is 14.5 Å². The third kappa shape index (κ3) is 3.39. The number of fused-ring (bicyclic) bond motifs is 1. The van der Waals surface area contributed by atoms with Gasteiger partial charge in [-0.2, -0.15) is 0 Å². The zero-order valence-corrected chi connectivity index (χ0v) is 13.7. The number of nitrogens with one attached hydrogen (secondary N) is 1. The summed E-state index contributed by atoms with van der Waals surface area (Å²) in [6, 6.07) is 12.8. The van der Waals surface area contributed by atoms with Gasteiger partial charge in [-0.05, 0) is 11.6 Å². The molecule has 0 fully saturated rings. The number of hydrogen-bond acceptors (Lipinski definition) is 6. The molecule has 26 heavy (non-hydrogen) atoms. The number of carbonyl (C=O) groups excluding carboxylic acids is 1. The van der Waals surface area contributed by atoms with Crippen molar-refractivity contribution >= 4 is 22.6 Å². The smallest absolute Gasteiger partial charge is 0.349 e. The van der Waals surface area contributed by atoms with Gasteiger partial charge in [0.05, 0.1) is 18.1 Å². The molecule has 1 N–H and O–H groups in total. The van der Waals surface area contributed by atoms with E-state index in [1.54, 1.807) is 0 Å². The molecule has 0 spiro atoms. The van der Waals surface area contributed by atoms with Crippen molar-refractivity contribution in [3.05, 3.63) is 80.2 Å². The summed E-state index contributed by atoms with van der Waals surface area (Å²) in [5.74, 6) is -0.586. The van der Waals surface area contributed by atoms with Gasteiger partial charge in [0, 0.05) is 18.0 Å². The normalized spacial score (nSPS) is 10.5. The summed E-state index contributed by atoms with van der Waals surface area (Å²) in [4.78, 5) is 34.9. The predicted octanol–water partition coefficient (Wildman–Crippen LogP) is 2.64. The summed E-state index contributed by atoms with van der Waals surface area (Å²) in [5.41, 5.74) is -0.420. The van der Waals surface area contributed by atoms with E-state index in [1.165, 1.54) is 19.2 Å². The second-order valence-electron chi connectivity index (χ2n) is 5.44. The lowest BCUT2D eigenvalue weighted by Crippen LogP contribution is -2.27. The van der Waals surface area contributed by atoms with E-state index in [-0.39, 0.29) is 34.5 Å². The largest absolute Gasteiger partial charge is 0.493 e. The van der Waals surface area contributed by atoms with Crippen LogP contribution in [0.3, 0.4) is 0 Å². The summed E-state index contributed by atoms with van der Waals surface area (Å²) in [5, 5.41) is 13.9. The number of nitrogens with zero attached hydrogens (tertiary/aromatic N) is 1. The Morgan fingerprint density at radius 3 is 2.62 bits per heavy atom. The van der Waals surface area contributed by atoms with Crippen LogP contribution in [0.15, 0.2) is 57.7 Å². The molecule has 0 aliphatic heterocycles. The summed E-state index contributed by atoms with van der Waals surface area (Å²) in [7, 11) is 1.30. The highest BCUT2D eigenvalue weighted by Gasteiger charge is 2.19. The molecule has 2 aromatic carbocycles. The van der Waals surface area contributed by atoms with Crippen LogP contribution in [0.1, 0.15) is 15.9 Å². The molecule has 0 unspecified atom stereocenters. The fourth-order valence-corrected chi connectivity index (χ4v) is 2.48. The number of ether oxygens (including phenoxy) is 1. The van der Waals surface area contributed by atoms with E-state index in [4.69, 9.17) is 9.15 Å². The Morgan fingerprint density at radius 2 is 1.96 bits per heavy atom. The van der Waals surface area contributed by atoms with Gasteiger partial charge in [0.25, 0.3) is 11.6 Å². The minimum atomic E-state index is -0.852. The van der Waals surface area contributed by atoms with Crippen molar-refractivity contribution in [1.29, 1.82) is 0 Å². The van der Waals surface area contributed by atoms with Gasteiger partial charge in [0.15, 0.2) is 11.3 Å². The Hall–Kier alpha value is -3.68. The van der Waals surface area contributed by atoms with Gasteiger partial charge in [-0.3, -0.25) is 14.9 Å². The first-order chi connectivity index (χ1) is 12.5. The molecule has 0 radical (unpaired) electrons. The van der Waals surface area contributed by atoms with E-state index in [1.807, 2.05) is 30.3 Å². The molecule has 3 rings (SSSR count). The van der Waals surface area contributed by atoms with Gasteiger partial charge in [-0.15, -0.1) is 0 Å². The fourth-order valence-electron chi connectivity index (χ4n) is 2.48. The van der Waals surface area contributed by atoms with Crippen molar-refractivity contribution in [3.8, 4) is 5.75 Å². The molecule has 132 valence electrons. The number of carbonyl (C=O) groups is 1. The first kappa shape index (κ1) is 17.2. The monoisotopic (exact) mass is 354 g/mol. The molecule has 0 atom stereocenters. The van der Waals surface area contributed by atoms with Crippen LogP contribution in [-0.2, 0) is 6.54 Å². The molecule has 1 heterocycles. The Kier molecular flexibility index (Phi) is 4.66. The van der Waals surface area contributed by atoms with Gasteiger partial charge >= 0.3 is 5.63 Å². The molecule has 0 bridgehead atoms. The van der Waals surface area contributed by atoms with Crippen LogP contribution in [0, 0.1) is 10.1 Å². The van der Waals surface area contributed by atoms with Crippen LogP contribution in [0.2, 0.25) is 0 Å². The Bertz CT molecular complexity index is 1040. The number of rotatable bonds is 5. The fraction of sp³-hybridized carbons (Fsp3) is 0.111. The van der Waals surface area contributed by atoms with E-state index in [2.05, 4.69) is 5.32 Å². The van der Waals surface area contributed by atoms with Crippen molar-refractivity contribution in [3.63, 3.8) is 0 Å². The third-order valence-electron chi connectivity index (χ3n) is 3.75. The van der Waals surface area contributed by atoms with Crippen LogP contribution in [0.5, 0.6) is 5.75 Å². The van der Waals surface area contributed by atoms with E-state index < -0.39 is 16.5 Å². The second-order valence-corrected chi connectivity index (χ2v) is 5.44. The quantitative estimate of drug-likeness (QED) is 0.428.